The number of anilines is 1. The standard InChI is InChI=1S/C27H24Cl2F3NO3/c1-14(27(30,31)32)25(18-8-7-15-3-2-4-21(28)20(15)11-18)26(36)33-23-12-17(9-10-22(23)29)19(13-24(34)35)16-5-6-16/h2-4,7-12,14,16,19,25H,5-6,13H2,1H3,(H,33,36)(H,34,35)/t14-,19+,25-/m1/s1. The Bertz CT molecular complexity index is 1310. The summed E-state index contributed by atoms with van der Waals surface area (Å²) in [4.78, 5) is 24.7. The number of halogens is 5. The summed E-state index contributed by atoms with van der Waals surface area (Å²) in [6, 6.07) is 14.6. The van der Waals surface area contributed by atoms with Crippen LogP contribution in [0, 0.1) is 11.8 Å². The number of rotatable bonds is 8. The number of aliphatic carboxylic acids is 1. The van der Waals surface area contributed by atoms with E-state index in [1.54, 1.807) is 36.4 Å². The summed E-state index contributed by atoms with van der Waals surface area (Å²) in [5.41, 5.74) is 0.998. The lowest BCUT2D eigenvalue weighted by atomic mass is 9.84. The van der Waals surface area contributed by atoms with Crippen molar-refractivity contribution in [3.05, 3.63) is 75.8 Å². The van der Waals surface area contributed by atoms with Gasteiger partial charge in [-0.1, -0.05) is 60.5 Å². The number of alkyl halides is 3. The van der Waals surface area contributed by atoms with Crippen molar-refractivity contribution in [1.82, 2.24) is 0 Å². The topological polar surface area (TPSA) is 66.4 Å². The number of benzene rings is 3. The van der Waals surface area contributed by atoms with Crippen LogP contribution in [0.2, 0.25) is 10.0 Å². The van der Waals surface area contributed by atoms with Crippen LogP contribution in [0.4, 0.5) is 18.9 Å². The summed E-state index contributed by atoms with van der Waals surface area (Å²) >= 11 is 12.6. The van der Waals surface area contributed by atoms with Gasteiger partial charge in [-0.25, -0.2) is 0 Å². The van der Waals surface area contributed by atoms with E-state index in [0.29, 0.717) is 16.0 Å². The van der Waals surface area contributed by atoms with Crippen molar-refractivity contribution in [3.63, 3.8) is 0 Å². The van der Waals surface area contributed by atoms with Gasteiger partial charge in [-0.15, -0.1) is 0 Å². The highest BCUT2D eigenvalue weighted by molar-refractivity contribution is 6.35. The van der Waals surface area contributed by atoms with Crippen LogP contribution in [0.25, 0.3) is 10.8 Å². The minimum atomic E-state index is -4.64. The number of nitrogens with one attached hydrogen (secondary N) is 1. The first-order valence-electron chi connectivity index (χ1n) is 11.5. The van der Waals surface area contributed by atoms with Crippen molar-refractivity contribution < 1.29 is 27.9 Å². The first kappa shape index (κ1) is 26.3. The molecule has 190 valence electrons. The third-order valence-corrected chi connectivity index (χ3v) is 7.43. The van der Waals surface area contributed by atoms with E-state index in [9.17, 15) is 27.9 Å². The van der Waals surface area contributed by atoms with Gasteiger partial charge in [-0.2, -0.15) is 13.2 Å². The molecular weight excluding hydrogens is 514 g/mol. The molecule has 0 heterocycles. The monoisotopic (exact) mass is 537 g/mol. The highest BCUT2D eigenvalue weighted by atomic mass is 35.5. The van der Waals surface area contributed by atoms with E-state index >= 15 is 0 Å². The maximum absolute atomic E-state index is 13.9. The lowest BCUT2D eigenvalue weighted by molar-refractivity contribution is -0.178. The first-order valence-corrected chi connectivity index (χ1v) is 12.3. The summed E-state index contributed by atoms with van der Waals surface area (Å²) in [5, 5.41) is 13.7. The molecule has 1 amide bonds. The molecule has 0 spiro atoms. The average molecular weight is 538 g/mol. The third kappa shape index (κ3) is 5.79. The van der Waals surface area contributed by atoms with Gasteiger partial charge in [0.2, 0.25) is 5.91 Å². The van der Waals surface area contributed by atoms with Crippen molar-refractivity contribution in [1.29, 1.82) is 0 Å². The second-order valence-electron chi connectivity index (χ2n) is 9.30. The number of amides is 1. The van der Waals surface area contributed by atoms with Crippen molar-refractivity contribution in [3.8, 4) is 0 Å². The van der Waals surface area contributed by atoms with E-state index in [1.165, 1.54) is 18.2 Å². The third-order valence-electron chi connectivity index (χ3n) is 6.77. The van der Waals surface area contributed by atoms with Crippen LogP contribution >= 0.6 is 23.2 Å². The molecule has 9 heteroatoms. The molecule has 4 rings (SSSR count). The van der Waals surface area contributed by atoms with Crippen LogP contribution in [0.15, 0.2) is 54.6 Å². The molecule has 0 saturated heterocycles. The lowest BCUT2D eigenvalue weighted by Crippen LogP contribution is -2.34. The van der Waals surface area contributed by atoms with E-state index in [4.69, 9.17) is 23.2 Å². The Labute approximate surface area is 216 Å². The molecule has 1 fully saturated rings. The Balaban J connectivity index is 1.70. The van der Waals surface area contributed by atoms with Gasteiger partial charge in [0.05, 0.1) is 29.0 Å². The van der Waals surface area contributed by atoms with Crippen molar-refractivity contribution in [2.24, 2.45) is 11.8 Å². The molecule has 3 aromatic rings. The van der Waals surface area contributed by atoms with E-state index in [0.717, 1.165) is 25.2 Å². The highest BCUT2D eigenvalue weighted by Crippen LogP contribution is 2.46. The smallest absolute Gasteiger partial charge is 0.392 e. The number of carbonyl (C=O) groups is 2. The fourth-order valence-electron chi connectivity index (χ4n) is 4.62. The van der Waals surface area contributed by atoms with Crippen LogP contribution in [0.5, 0.6) is 0 Å². The SMILES string of the molecule is C[C@H]([C@@H](C(=O)Nc1cc([C@@H](CC(=O)O)C2CC2)ccc1Cl)c1ccc2cccc(Cl)c2c1)C(F)(F)F. The van der Waals surface area contributed by atoms with Crippen molar-refractivity contribution >= 4 is 51.5 Å². The molecule has 0 radical (unpaired) electrons. The van der Waals surface area contributed by atoms with Gasteiger partial charge in [-0.3, -0.25) is 9.59 Å². The predicted molar refractivity (Wildman–Crippen MR) is 135 cm³/mol. The number of carboxylic acid groups (broad SMARTS) is 1. The number of hydrogen-bond acceptors (Lipinski definition) is 2. The number of carboxylic acids is 1. The molecule has 1 aliphatic carbocycles. The van der Waals surface area contributed by atoms with Gasteiger partial charge in [0, 0.05) is 10.4 Å². The molecular formula is C27H24Cl2F3NO3. The minimum absolute atomic E-state index is 0.0781. The Kier molecular flexibility index (Phi) is 7.53. The van der Waals surface area contributed by atoms with Crippen LogP contribution in [0.1, 0.15) is 49.1 Å². The quantitative estimate of drug-likeness (QED) is 0.305. The average Bonchev–Trinajstić information content (AvgIpc) is 3.64. The van der Waals surface area contributed by atoms with E-state index in [2.05, 4.69) is 5.32 Å². The molecule has 0 bridgehead atoms. The zero-order valence-electron chi connectivity index (χ0n) is 19.3. The summed E-state index contributed by atoms with van der Waals surface area (Å²) in [6.45, 7) is 0.967. The van der Waals surface area contributed by atoms with E-state index in [-0.39, 0.29) is 34.5 Å². The molecule has 4 nitrogen and oxygen atoms in total. The number of carbonyl (C=O) groups excluding carboxylic acids is 1. The molecule has 0 aromatic heterocycles. The second-order valence-corrected chi connectivity index (χ2v) is 10.1. The zero-order chi connectivity index (χ0) is 26.2. The van der Waals surface area contributed by atoms with Crippen LogP contribution < -0.4 is 5.32 Å². The zero-order valence-corrected chi connectivity index (χ0v) is 20.8. The summed E-state index contributed by atoms with van der Waals surface area (Å²) < 4.78 is 41.6. The summed E-state index contributed by atoms with van der Waals surface area (Å²) in [6.07, 6.45) is -2.91. The van der Waals surface area contributed by atoms with Crippen molar-refractivity contribution in [2.45, 2.75) is 44.2 Å². The lowest BCUT2D eigenvalue weighted by Gasteiger charge is -2.26. The Morgan fingerprint density at radius 3 is 2.36 bits per heavy atom. The molecule has 36 heavy (non-hydrogen) atoms. The Morgan fingerprint density at radius 1 is 1.03 bits per heavy atom. The fourth-order valence-corrected chi connectivity index (χ4v) is 5.03. The summed E-state index contributed by atoms with van der Waals surface area (Å²) in [7, 11) is 0. The van der Waals surface area contributed by atoms with Crippen molar-refractivity contribution in [2.75, 3.05) is 5.32 Å². The maximum Gasteiger partial charge on any atom is 0.392 e. The number of hydrogen-bond donors (Lipinski definition) is 2. The molecule has 2 N–H and O–H groups in total. The predicted octanol–water partition coefficient (Wildman–Crippen LogP) is 8.04. The van der Waals surface area contributed by atoms with Gasteiger partial charge in [-0.05, 0) is 65.5 Å². The van der Waals surface area contributed by atoms with Crippen LogP contribution in [-0.2, 0) is 9.59 Å². The molecule has 0 aliphatic heterocycles. The maximum atomic E-state index is 13.9. The molecule has 1 saturated carbocycles. The summed E-state index contributed by atoms with van der Waals surface area (Å²) in [5.74, 6) is -5.42. The first-order chi connectivity index (χ1) is 17.0. The molecule has 3 atom stereocenters. The van der Waals surface area contributed by atoms with Gasteiger partial charge >= 0.3 is 12.1 Å². The Morgan fingerprint density at radius 2 is 1.72 bits per heavy atom. The van der Waals surface area contributed by atoms with Gasteiger partial charge in [0.15, 0.2) is 0 Å². The molecule has 1 aliphatic rings. The highest BCUT2D eigenvalue weighted by Gasteiger charge is 2.45. The van der Waals surface area contributed by atoms with Gasteiger partial charge < -0.3 is 10.4 Å². The fraction of sp³-hybridized carbons (Fsp3) is 0.333. The van der Waals surface area contributed by atoms with E-state index < -0.39 is 29.9 Å². The van der Waals surface area contributed by atoms with Crippen LogP contribution in [-0.4, -0.2) is 23.2 Å². The van der Waals surface area contributed by atoms with Crippen LogP contribution in [0.3, 0.4) is 0 Å². The molecule has 0 unspecified atom stereocenters. The minimum Gasteiger partial charge on any atom is -0.481 e. The van der Waals surface area contributed by atoms with Gasteiger partial charge in [0.25, 0.3) is 0 Å². The van der Waals surface area contributed by atoms with Gasteiger partial charge in [0.1, 0.15) is 0 Å². The Hall–Kier alpha value is -2.77. The number of fused-ring (bicyclic) bond motifs is 1. The second kappa shape index (κ2) is 10.3. The van der Waals surface area contributed by atoms with E-state index in [1.807, 2.05) is 0 Å². The normalized spacial score (nSPS) is 16.4. The molecule has 3 aromatic carbocycles. The largest absolute Gasteiger partial charge is 0.481 e.